The molecule has 6 nitrogen and oxygen atoms in total. The molecular formula is C24H26F3N3O3S. The molecule has 1 aliphatic rings. The van der Waals surface area contributed by atoms with Crippen LogP contribution >= 0.6 is 11.8 Å². The van der Waals surface area contributed by atoms with Crippen LogP contribution in [0.4, 0.5) is 18.9 Å². The van der Waals surface area contributed by atoms with Crippen molar-refractivity contribution in [1.82, 2.24) is 9.80 Å². The largest absolute Gasteiger partial charge is 0.416 e. The number of alkyl halides is 3. The first kappa shape index (κ1) is 25.6. The van der Waals surface area contributed by atoms with Crippen molar-refractivity contribution in [3.63, 3.8) is 0 Å². The monoisotopic (exact) mass is 493 g/mol. The van der Waals surface area contributed by atoms with Crippen molar-refractivity contribution in [3.8, 4) is 0 Å². The van der Waals surface area contributed by atoms with Gasteiger partial charge < -0.3 is 15.1 Å². The molecule has 3 amide bonds. The average molecular weight is 494 g/mol. The summed E-state index contributed by atoms with van der Waals surface area (Å²) in [6.07, 6.45) is -4.52. The average Bonchev–Trinajstić information content (AvgIpc) is 2.82. The zero-order valence-electron chi connectivity index (χ0n) is 18.9. The standard InChI is InChI=1S/C24H26F3N3O3S/c1-16-6-8-20(9-7-16)28-21(31)15-34-17(2)22(32)29-10-12-30(13-11-29)23(33)18-4-3-5-19(14-18)24(25,26)27/h3-9,14,17H,10-13,15H2,1-2H3,(H,28,31). The maximum Gasteiger partial charge on any atom is 0.416 e. The normalized spacial score (nSPS) is 15.1. The van der Waals surface area contributed by atoms with Gasteiger partial charge in [0.2, 0.25) is 11.8 Å². The zero-order valence-corrected chi connectivity index (χ0v) is 19.7. The van der Waals surface area contributed by atoms with Crippen molar-refractivity contribution < 1.29 is 27.6 Å². The van der Waals surface area contributed by atoms with Gasteiger partial charge in [-0.15, -0.1) is 11.8 Å². The van der Waals surface area contributed by atoms with Crippen LogP contribution in [0.1, 0.15) is 28.4 Å². The van der Waals surface area contributed by atoms with Crippen LogP contribution in [0, 0.1) is 6.92 Å². The van der Waals surface area contributed by atoms with Gasteiger partial charge in [-0.25, -0.2) is 0 Å². The minimum atomic E-state index is -4.52. The van der Waals surface area contributed by atoms with E-state index in [1.165, 1.54) is 28.8 Å². The number of benzene rings is 2. The van der Waals surface area contributed by atoms with E-state index in [1.54, 1.807) is 11.8 Å². The number of carbonyl (C=O) groups excluding carboxylic acids is 3. The van der Waals surface area contributed by atoms with Gasteiger partial charge >= 0.3 is 6.18 Å². The van der Waals surface area contributed by atoms with E-state index in [9.17, 15) is 27.6 Å². The fourth-order valence-corrected chi connectivity index (χ4v) is 4.27. The van der Waals surface area contributed by atoms with Gasteiger partial charge in [0.15, 0.2) is 0 Å². The molecule has 1 heterocycles. The molecule has 10 heteroatoms. The Morgan fingerprint density at radius 1 is 1.00 bits per heavy atom. The van der Waals surface area contributed by atoms with Crippen LogP contribution in [0.15, 0.2) is 48.5 Å². The molecule has 0 saturated carbocycles. The molecule has 0 aliphatic carbocycles. The Kier molecular flexibility index (Phi) is 8.24. The summed E-state index contributed by atoms with van der Waals surface area (Å²) in [5.41, 5.74) is 0.877. The molecule has 1 atom stereocenters. The summed E-state index contributed by atoms with van der Waals surface area (Å²) in [6.45, 7) is 4.70. The Hall–Kier alpha value is -3.01. The van der Waals surface area contributed by atoms with Gasteiger partial charge in [0, 0.05) is 37.4 Å². The van der Waals surface area contributed by atoms with Crippen molar-refractivity contribution in [1.29, 1.82) is 0 Å². The fraction of sp³-hybridized carbons (Fsp3) is 0.375. The van der Waals surface area contributed by atoms with Crippen molar-refractivity contribution >= 4 is 35.2 Å². The zero-order chi connectivity index (χ0) is 24.9. The number of hydrogen-bond donors (Lipinski definition) is 1. The van der Waals surface area contributed by atoms with Gasteiger partial charge in [-0.3, -0.25) is 14.4 Å². The second kappa shape index (κ2) is 10.9. The van der Waals surface area contributed by atoms with Gasteiger partial charge in [-0.05, 0) is 44.2 Å². The molecule has 2 aromatic carbocycles. The molecule has 1 N–H and O–H groups in total. The number of amides is 3. The summed E-state index contributed by atoms with van der Waals surface area (Å²) in [4.78, 5) is 40.6. The highest BCUT2D eigenvalue weighted by molar-refractivity contribution is 8.01. The van der Waals surface area contributed by atoms with E-state index in [2.05, 4.69) is 5.32 Å². The Labute approximate surface area is 200 Å². The third-order valence-electron chi connectivity index (χ3n) is 5.46. The van der Waals surface area contributed by atoms with E-state index in [0.717, 1.165) is 17.7 Å². The molecule has 3 rings (SSSR count). The number of nitrogens with one attached hydrogen (secondary N) is 1. The van der Waals surface area contributed by atoms with Crippen LogP contribution in [0.25, 0.3) is 0 Å². The Morgan fingerprint density at radius 3 is 2.24 bits per heavy atom. The van der Waals surface area contributed by atoms with Crippen LogP contribution in [-0.4, -0.2) is 64.7 Å². The highest BCUT2D eigenvalue weighted by atomic mass is 32.2. The molecule has 0 bridgehead atoms. The van der Waals surface area contributed by atoms with E-state index in [4.69, 9.17) is 0 Å². The molecule has 1 saturated heterocycles. The third kappa shape index (κ3) is 6.75. The molecule has 0 radical (unpaired) electrons. The first-order chi connectivity index (χ1) is 16.0. The number of anilines is 1. The van der Waals surface area contributed by atoms with Crippen molar-refractivity contribution in [2.75, 3.05) is 37.2 Å². The quantitative estimate of drug-likeness (QED) is 0.659. The van der Waals surface area contributed by atoms with Crippen molar-refractivity contribution in [2.24, 2.45) is 0 Å². The van der Waals surface area contributed by atoms with E-state index in [1.807, 2.05) is 31.2 Å². The number of thioether (sulfide) groups is 1. The summed E-state index contributed by atoms with van der Waals surface area (Å²) in [7, 11) is 0. The Bertz CT molecular complexity index is 1040. The number of halogens is 3. The maximum atomic E-state index is 12.9. The second-order valence-corrected chi connectivity index (χ2v) is 9.39. The molecule has 1 unspecified atom stereocenters. The predicted molar refractivity (Wildman–Crippen MR) is 126 cm³/mol. The van der Waals surface area contributed by atoms with Crippen molar-refractivity contribution in [2.45, 2.75) is 25.3 Å². The topological polar surface area (TPSA) is 69.7 Å². The number of carbonyl (C=O) groups is 3. The highest BCUT2D eigenvalue weighted by Gasteiger charge is 2.32. The number of aryl methyl sites for hydroxylation is 1. The van der Waals surface area contributed by atoms with Gasteiger partial charge in [-0.1, -0.05) is 23.8 Å². The molecular weight excluding hydrogens is 467 g/mol. The third-order valence-corrected chi connectivity index (χ3v) is 6.59. The van der Waals surface area contributed by atoms with Gasteiger partial charge in [0.25, 0.3) is 5.91 Å². The van der Waals surface area contributed by atoms with E-state index < -0.39 is 22.9 Å². The molecule has 0 aromatic heterocycles. The second-order valence-electron chi connectivity index (χ2n) is 8.06. The fourth-order valence-electron chi connectivity index (χ4n) is 3.50. The molecule has 1 aliphatic heterocycles. The van der Waals surface area contributed by atoms with E-state index in [0.29, 0.717) is 5.69 Å². The van der Waals surface area contributed by atoms with Gasteiger partial charge in [0.05, 0.1) is 16.6 Å². The number of nitrogens with zero attached hydrogens (tertiary/aromatic N) is 2. The SMILES string of the molecule is Cc1ccc(NC(=O)CSC(C)C(=O)N2CCN(C(=O)c3cccc(C(F)(F)F)c3)CC2)cc1. The molecule has 182 valence electrons. The van der Waals surface area contributed by atoms with Crippen LogP contribution in [0.2, 0.25) is 0 Å². The van der Waals surface area contributed by atoms with Crippen LogP contribution in [-0.2, 0) is 15.8 Å². The molecule has 1 fully saturated rings. The number of rotatable bonds is 6. The minimum Gasteiger partial charge on any atom is -0.338 e. The van der Waals surface area contributed by atoms with Crippen molar-refractivity contribution in [3.05, 3.63) is 65.2 Å². The van der Waals surface area contributed by atoms with Crippen LogP contribution in [0.3, 0.4) is 0 Å². The summed E-state index contributed by atoms with van der Waals surface area (Å²) in [6, 6.07) is 11.8. The molecule has 34 heavy (non-hydrogen) atoms. The minimum absolute atomic E-state index is 0.0295. The molecule has 0 spiro atoms. The summed E-state index contributed by atoms with van der Waals surface area (Å²) < 4.78 is 38.8. The van der Waals surface area contributed by atoms with Gasteiger partial charge in [-0.2, -0.15) is 13.2 Å². The summed E-state index contributed by atoms with van der Waals surface area (Å²) in [5, 5.41) is 2.34. The van der Waals surface area contributed by atoms with Crippen LogP contribution in [0.5, 0.6) is 0 Å². The van der Waals surface area contributed by atoms with Crippen LogP contribution < -0.4 is 5.32 Å². The lowest BCUT2D eigenvalue weighted by Gasteiger charge is -2.36. The number of hydrogen-bond acceptors (Lipinski definition) is 4. The first-order valence-corrected chi connectivity index (χ1v) is 11.8. The Balaban J connectivity index is 1.46. The summed E-state index contributed by atoms with van der Waals surface area (Å²) in [5.74, 6) is -0.716. The molecule has 2 aromatic rings. The number of piperazine rings is 1. The predicted octanol–water partition coefficient (Wildman–Crippen LogP) is 4.06. The maximum absolute atomic E-state index is 12.9. The smallest absolute Gasteiger partial charge is 0.338 e. The lowest BCUT2D eigenvalue weighted by atomic mass is 10.1. The van der Waals surface area contributed by atoms with Gasteiger partial charge in [0.1, 0.15) is 0 Å². The summed E-state index contributed by atoms with van der Waals surface area (Å²) >= 11 is 1.23. The highest BCUT2D eigenvalue weighted by Crippen LogP contribution is 2.30. The lowest BCUT2D eigenvalue weighted by Crippen LogP contribution is -2.52. The van der Waals surface area contributed by atoms with E-state index in [-0.39, 0.29) is 49.3 Å². The van der Waals surface area contributed by atoms with E-state index >= 15 is 0 Å². The first-order valence-electron chi connectivity index (χ1n) is 10.8. The lowest BCUT2D eigenvalue weighted by molar-refractivity contribution is -0.137. The Morgan fingerprint density at radius 2 is 1.62 bits per heavy atom.